The van der Waals surface area contributed by atoms with Gasteiger partial charge in [0.1, 0.15) is 109 Å². The lowest BCUT2D eigenvalue weighted by Crippen LogP contribution is -2.69. The summed E-state index contributed by atoms with van der Waals surface area (Å²) in [4.78, 5) is 84.0. The van der Waals surface area contributed by atoms with Gasteiger partial charge < -0.3 is 143 Å². The summed E-state index contributed by atoms with van der Waals surface area (Å²) in [6.07, 6.45) is -29.5. The van der Waals surface area contributed by atoms with Gasteiger partial charge in [0.25, 0.3) is 0 Å². The Morgan fingerprint density at radius 3 is 1.89 bits per heavy atom. The Bertz CT molecular complexity index is 2890. The molecular formula is C59H88N11O25. The van der Waals surface area contributed by atoms with Crippen molar-refractivity contribution in [2.24, 2.45) is 11.7 Å². The smallest absolute Gasteiger partial charge is 0.306 e. The molecule has 5 heterocycles. The van der Waals surface area contributed by atoms with E-state index in [0.717, 1.165) is 4.90 Å². The molecule has 7 rings (SSSR count). The first-order valence-electron chi connectivity index (χ1n) is 30.9. The van der Waals surface area contributed by atoms with Crippen molar-refractivity contribution in [2.45, 2.75) is 199 Å². The molecule has 5 aliphatic heterocycles. The molecule has 95 heavy (non-hydrogen) atoms. The standard InChI is InChI=1S/C59H88N11O25/c1-4-29(26-8-6-5-7-9-26)37(60)52(87)66-30(16-25-11-13-28(14-12-25)90-56-48(85)46(83)49(35(23-75)93-56)95-57-50(94-36(76)15-10-24(2)3)45(82)43(80)34(22-74)92-57)51(86)68-38(40(77)31-17-63-58(61)67-31)54(89)69-39(53(88)65-27(19-71)20-72)41(78)32-18-64-59(62)70(32)55-47(84)44(81)42(79)33(21-73)91-55/h5-9,11-14,24,27,29-35,37-50,55-57,71,73-75,77-85H,4,10,15-19,21-23,60H2,1-3H3,(H2,62,64)(H,65,88)(H,66,87)(H,68,86)(H,69,89)(H3,61,63,67)/t27-,29?,30-,31?,32?,33?,34?,35?,37-,38-,39-,40?,41?,42?,43?,44?,45?,46?,47?,48?,49?,50?,55?,56?,57?/m0/s1. The predicted molar refractivity (Wildman–Crippen MR) is 323 cm³/mol. The molecule has 5 aliphatic rings. The number of hydrogen-bond donors (Lipinski definition) is 23. The topological polar surface area (TPSA) is 582 Å². The number of carbonyl (C=O) groups is 5. The van der Waals surface area contributed by atoms with Gasteiger partial charge in [-0.1, -0.05) is 63.2 Å². The number of ether oxygens (including phenoxy) is 6. The first kappa shape index (κ1) is 75.5. The molecule has 5 fully saturated rings. The Hall–Kier alpha value is -6.92. The highest BCUT2D eigenvalue weighted by molar-refractivity contribution is 5.96. The third-order valence-electron chi connectivity index (χ3n) is 17.1. The molecule has 24 N–H and O–H groups in total. The summed E-state index contributed by atoms with van der Waals surface area (Å²) in [6.45, 7) is 1.12. The zero-order chi connectivity index (χ0) is 69.7. The normalized spacial score (nSPS) is 31.8. The van der Waals surface area contributed by atoms with Crippen molar-refractivity contribution in [3.8, 4) is 5.75 Å². The minimum Gasteiger partial charge on any atom is -0.462 e. The molecule has 0 bridgehead atoms. The average Bonchev–Trinajstić information content (AvgIpc) is 1.77. The molecule has 36 heteroatoms. The van der Waals surface area contributed by atoms with Crippen LogP contribution in [0.2, 0.25) is 0 Å². The summed E-state index contributed by atoms with van der Waals surface area (Å²) >= 11 is 0. The summed E-state index contributed by atoms with van der Waals surface area (Å²) in [6, 6.07) is 1.94. The zero-order valence-electron chi connectivity index (χ0n) is 52.0. The highest BCUT2D eigenvalue weighted by Gasteiger charge is 2.55. The second-order valence-corrected chi connectivity index (χ2v) is 24.1. The van der Waals surface area contributed by atoms with Crippen molar-refractivity contribution in [2.75, 3.05) is 39.5 Å². The lowest BCUT2D eigenvalue weighted by molar-refractivity contribution is -0.353. The van der Waals surface area contributed by atoms with Gasteiger partial charge in [-0.25, -0.2) is 0 Å². The molecule has 20 unspecified atom stereocenters. The fraction of sp³-hybridized carbons (Fsp3) is 0.661. The van der Waals surface area contributed by atoms with E-state index in [9.17, 15) is 90.4 Å². The Labute approximate surface area is 544 Å². The molecule has 0 aromatic heterocycles. The number of nitrogens with two attached hydrogens (primary N) is 1. The summed E-state index contributed by atoms with van der Waals surface area (Å²) in [7, 11) is 0. The number of aliphatic hydroxyl groups is 13. The Balaban J connectivity index is 1.15. The molecule has 0 aliphatic carbocycles. The van der Waals surface area contributed by atoms with Crippen LogP contribution in [0.4, 0.5) is 0 Å². The van der Waals surface area contributed by atoms with Crippen molar-refractivity contribution in [1.82, 2.24) is 42.1 Å². The van der Waals surface area contributed by atoms with E-state index >= 15 is 4.79 Å². The summed E-state index contributed by atoms with van der Waals surface area (Å²) in [5.41, 5.74) is 7.54. The maximum Gasteiger partial charge on any atom is 0.306 e. The Kier molecular flexibility index (Phi) is 27.3. The first-order valence-corrected chi connectivity index (χ1v) is 30.9. The second-order valence-electron chi connectivity index (χ2n) is 24.1. The van der Waals surface area contributed by atoms with E-state index in [1.54, 1.807) is 37.3 Å². The maximum atomic E-state index is 15.0. The van der Waals surface area contributed by atoms with Crippen molar-refractivity contribution in [3.63, 3.8) is 0 Å². The van der Waals surface area contributed by atoms with Gasteiger partial charge in [0.05, 0.1) is 44.6 Å². The van der Waals surface area contributed by atoms with E-state index in [0.29, 0.717) is 18.4 Å². The number of rotatable bonds is 31. The summed E-state index contributed by atoms with van der Waals surface area (Å²) < 4.78 is 34.5. The maximum absolute atomic E-state index is 15.0. The highest BCUT2D eigenvalue weighted by atomic mass is 16.7. The highest BCUT2D eigenvalue weighted by Crippen LogP contribution is 2.33. The molecule has 4 amide bonds. The van der Waals surface area contributed by atoms with Gasteiger partial charge in [-0.05, 0) is 42.0 Å². The Morgan fingerprint density at radius 1 is 0.695 bits per heavy atom. The predicted octanol–water partition coefficient (Wildman–Crippen LogP) is -9.99. The van der Waals surface area contributed by atoms with E-state index in [1.165, 1.54) is 30.6 Å². The van der Waals surface area contributed by atoms with E-state index < -0.39 is 227 Å². The van der Waals surface area contributed by atoms with Crippen LogP contribution in [0.25, 0.3) is 0 Å². The van der Waals surface area contributed by atoms with Gasteiger partial charge in [-0.2, -0.15) is 0 Å². The SMILES string of the molecule is CCC(c1ccccc1)[C@H](N)C(=O)N[C@@H](Cc1ccc(OC2OC(CO)C(OC3OC(CO)C(O)C(O)C3OC(=O)CCC(C)C)C(O)C2O)cc1)C(=O)N[C@H](C(=O)N[C@H](C(=O)N[C@H]([C]=O)CO)C(O)C1CNC(=N)N1C1OC(CO)C(O)C(O)C1O)C(O)C1CNC(=N)N1. The quantitative estimate of drug-likeness (QED) is 0.0312. The molecular weight excluding hydrogens is 1260 g/mol. The molecule has 25 atom stereocenters. The number of nitrogens with one attached hydrogen (secondary N) is 9. The summed E-state index contributed by atoms with van der Waals surface area (Å²) in [5, 5.41) is 175. The van der Waals surface area contributed by atoms with Crippen LogP contribution in [0.1, 0.15) is 57.1 Å². The largest absolute Gasteiger partial charge is 0.462 e. The third kappa shape index (κ3) is 18.2. The number of amides is 4. The molecule has 1 radical (unpaired) electrons. The van der Waals surface area contributed by atoms with E-state index in [2.05, 4.69) is 37.2 Å². The van der Waals surface area contributed by atoms with Gasteiger partial charge in [0.2, 0.25) is 36.2 Å². The van der Waals surface area contributed by atoms with Crippen molar-refractivity contribution < 1.29 is 124 Å². The second kappa shape index (κ2) is 34.3. The third-order valence-corrected chi connectivity index (χ3v) is 17.1. The number of hydrogen-bond acceptors (Lipinski definition) is 28. The van der Waals surface area contributed by atoms with Gasteiger partial charge in [0.15, 0.2) is 30.5 Å². The van der Waals surface area contributed by atoms with E-state index in [1.807, 2.05) is 13.8 Å². The van der Waals surface area contributed by atoms with Crippen LogP contribution in [-0.4, -0.2) is 305 Å². The fourth-order valence-electron chi connectivity index (χ4n) is 11.6. The molecule has 529 valence electrons. The monoisotopic (exact) mass is 1350 g/mol. The van der Waals surface area contributed by atoms with Gasteiger partial charge in [-0.15, -0.1) is 0 Å². The minimum atomic E-state index is -2.30. The number of esters is 1. The molecule has 2 aromatic rings. The molecule has 2 aromatic carbocycles. The van der Waals surface area contributed by atoms with E-state index in [4.69, 9.17) is 45.0 Å². The van der Waals surface area contributed by atoms with Gasteiger partial charge >= 0.3 is 5.97 Å². The summed E-state index contributed by atoms with van der Waals surface area (Å²) in [5.74, 6) is -7.22. The zero-order valence-corrected chi connectivity index (χ0v) is 52.0. The molecule has 36 nitrogen and oxygen atoms in total. The number of guanidine groups is 2. The molecule has 0 spiro atoms. The van der Waals surface area contributed by atoms with Crippen LogP contribution in [-0.2, 0) is 58.9 Å². The van der Waals surface area contributed by atoms with Gasteiger partial charge in [0, 0.05) is 31.8 Å². The van der Waals surface area contributed by atoms with Crippen LogP contribution in [0, 0.1) is 16.7 Å². The fourth-order valence-corrected chi connectivity index (χ4v) is 11.6. The van der Waals surface area contributed by atoms with Crippen LogP contribution >= 0.6 is 0 Å². The van der Waals surface area contributed by atoms with Crippen LogP contribution in [0.5, 0.6) is 5.75 Å². The average molecular weight is 1350 g/mol. The number of benzene rings is 2. The first-order chi connectivity index (χ1) is 45.2. The molecule has 5 saturated heterocycles. The Morgan fingerprint density at radius 2 is 1.29 bits per heavy atom. The minimum absolute atomic E-state index is 0.0598. The number of nitrogens with zero attached hydrogens (tertiary/aromatic N) is 1. The molecule has 0 saturated carbocycles. The van der Waals surface area contributed by atoms with Crippen LogP contribution < -0.4 is 47.7 Å². The van der Waals surface area contributed by atoms with E-state index in [-0.39, 0.29) is 36.2 Å². The van der Waals surface area contributed by atoms with Crippen molar-refractivity contribution in [1.29, 1.82) is 10.8 Å². The lowest BCUT2D eigenvalue weighted by Gasteiger charge is -2.46. The number of aliphatic hydroxyl groups excluding tert-OH is 13. The van der Waals surface area contributed by atoms with Crippen LogP contribution in [0.3, 0.4) is 0 Å². The van der Waals surface area contributed by atoms with Crippen molar-refractivity contribution >= 4 is 47.8 Å². The van der Waals surface area contributed by atoms with Crippen LogP contribution in [0.15, 0.2) is 54.6 Å². The van der Waals surface area contributed by atoms with Crippen molar-refractivity contribution in [3.05, 3.63) is 65.7 Å². The van der Waals surface area contributed by atoms with Gasteiger partial charge in [-0.3, -0.25) is 39.6 Å². The lowest BCUT2D eigenvalue weighted by atomic mass is 9.89. The number of carbonyl (C=O) groups excluding carboxylic acids is 6.